The summed E-state index contributed by atoms with van der Waals surface area (Å²) in [6.45, 7) is 2.86. The Morgan fingerprint density at radius 1 is 0.969 bits per heavy atom. The van der Waals surface area contributed by atoms with E-state index in [9.17, 15) is 14.4 Å². The summed E-state index contributed by atoms with van der Waals surface area (Å²) in [5, 5.41) is 3.26. The van der Waals surface area contributed by atoms with Crippen LogP contribution in [0.5, 0.6) is 0 Å². The van der Waals surface area contributed by atoms with E-state index in [4.69, 9.17) is 4.42 Å². The Labute approximate surface area is 184 Å². The van der Waals surface area contributed by atoms with Gasteiger partial charge in [-0.05, 0) is 43.2 Å². The van der Waals surface area contributed by atoms with Gasteiger partial charge in [0.15, 0.2) is 0 Å². The molecular weight excluding hydrogens is 406 g/mol. The van der Waals surface area contributed by atoms with Crippen LogP contribution < -0.4 is 16.6 Å². The van der Waals surface area contributed by atoms with Crippen molar-refractivity contribution in [1.29, 1.82) is 0 Å². The molecule has 0 aliphatic heterocycles. The third-order valence-electron chi connectivity index (χ3n) is 5.42. The van der Waals surface area contributed by atoms with E-state index in [0.717, 1.165) is 11.1 Å². The Bertz CT molecular complexity index is 1330. The molecule has 32 heavy (non-hydrogen) atoms. The monoisotopic (exact) mass is 431 g/mol. The van der Waals surface area contributed by atoms with Gasteiger partial charge in [-0.3, -0.25) is 18.7 Å². The fraction of sp³-hybridized carbons (Fsp3) is 0.240. The molecule has 0 saturated heterocycles. The van der Waals surface area contributed by atoms with Crippen molar-refractivity contribution in [2.75, 3.05) is 0 Å². The molecule has 2 heterocycles. The zero-order valence-corrected chi connectivity index (χ0v) is 17.9. The maximum atomic E-state index is 13.2. The van der Waals surface area contributed by atoms with Crippen molar-refractivity contribution in [1.82, 2.24) is 14.5 Å². The number of amides is 1. The number of rotatable bonds is 8. The van der Waals surface area contributed by atoms with Crippen LogP contribution in [0.2, 0.25) is 0 Å². The molecule has 0 unspecified atom stereocenters. The number of hydrogen-bond donors (Lipinski definition) is 1. The number of hydrogen-bond acceptors (Lipinski definition) is 4. The summed E-state index contributed by atoms with van der Waals surface area (Å²) in [7, 11) is 0. The zero-order valence-electron chi connectivity index (χ0n) is 17.9. The molecule has 0 saturated carbocycles. The highest BCUT2D eigenvalue weighted by Crippen LogP contribution is 2.11. The summed E-state index contributed by atoms with van der Waals surface area (Å²) in [5.74, 6) is 0.512. The first-order chi connectivity index (χ1) is 15.5. The van der Waals surface area contributed by atoms with Crippen molar-refractivity contribution in [3.8, 4) is 0 Å². The molecule has 0 radical (unpaired) electrons. The van der Waals surface area contributed by atoms with Crippen LogP contribution in [0.15, 0.2) is 80.9 Å². The van der Waals surface area contributed by atoms with Gasteiger partial charge in [0.25, 0.3) is 5.56 Å². The molecule has 7 nitrogen and oxygen atoms in total. The number of fused-ring (bicyclic) bond motifs is 1. The lowest BCUT2D eigenvalue weighted by molar-refractivity contribution is -0.121. The number of nitrogens with zero attached hydrogens (tertiary/aromatic N) is 2. The first kappa shape index (κ1) is 21.4. The predicted octanol–water partition coefficient (Wildman–Crippen LogP) is 3.21. The van der Waals surface area contributed by atoms with Crippen LogP contribution in [0.3, 0.4) is 0 Å². The number of furan rings is 1. The molecule has 4 rings (SSSR count). The van der Waals surface area contributed by atoms with Crippen molar-refractivity contribution in [3.05, 3.63) is 105 Å². The van der Waals surface area contributed by atoms with E-state index in [1.165, 1.54) is 4.57 Å². The van der Waals surface area contributed by atoms with Crippen molar-refractivity contribution in [2.24, 2.45) is 0 Å². The van der Waals surface area contributed by atoms with E-state index in [1.807, 2.05) is 37.3 Å². The van der Waals surface area contributed by atoms with Crippen LogP contribution in [0.25, 0.3) is 10.9 Å². The number of aromatic nitrogens is 2. The van der Waals surface area contributed by atoms with Gasteiger partial charge in [0.1, 0.15) is 5.76 Å². The van der Waals surface area contributed by atoms with Crippen molar-refractivity contribution in [3.63, 3.8) is 0 Å². The number of benzene rings is 2. The van der Waals surface area contributed by atoms with E-state index in [0.29, 0.717) is 36.2 Å². The Morgan fingerprint density at radius 2 is 1.75 bits per heavy atom. The second-order valence-electron chi connectivity index (χ2n) is 7.79. The van der Waals surface area contributed by atoms with Crippen LogP contribution in [0.4, 0.5) is 0 Å². The standard InChI is InChI=1S/C25H25N3O4/c1-18-10-12-19(13-11-18)17-28-22-8-3-2-7-21(22)24(30)27(25(28)31)14-4-9-23(29)26-16-20-6-5-15-32-20/h2-3,5-8,10-13,15H,4,9,14,16-17H2,1H3,(H,26,29). The van der Waals surface area contributed by atoms with Gasteiger partial charge in [-0.1, -0.05) is 42.0 Å². The van der Waals surface area contributed by atoms with Crippen LogP contribution in [-0.4, -0.2) is 15.0 Å². The van der Waals surface area contributed by atoms with E-state index in [1.54, 1.807) is 41.2 Å². The van der Waals surface area contributed by atoms with Crippen LogP contribution >= 0.6 is 0 Å². The van der Waals surface area contributed by atoms with Crippen LogP contribution in [0, 0.1) is 6.92 Å². The van der Waals surface area contributed by atoms with E-state index in [2.05, 4.69) is 5.32 Å². The highest BCUT2D eigenvalue weighted by atomic mass is 16.3. The number of nitrogens with one attached hydrogen (secondary N) is 1. The van der Waals surface area contributed by atoms with Crippen LogP contribution in [0.1, 0.15) is 29.7 Å². The summed E-state index contributed by atoms with van der Waals surface area (Å²) in [4.78, 5) is 38.4. The molecule has 0 aliphatic rings. The highest BCUT2D eigenvalue weighted by Gasteiger charge is 2.14. The maximum Gasteiger partial charge on any atom is 0.331 e. The molecule has 0 aliphatic carbocycles. The van der Waals surface area contributed by atoms with E-state index >= 15 is 0 Å². The molecule has 1 amide bonds. The molecule has 0 bridgehead atoms. The van der Waals surface area contributed by atoms with Gasteiger partial charge in [0.05, 0.1) is 30.3 Å². The number of para-hydroxylation sites is 1. The molecule has 7 heteroatoms. The normalized spacial score (nSPS) is 11.0. The predicted molar refractivity (Wildman–Crippen MR) is 123 cm³/mol. The summed E-state index contributed by atoms with van der Waals surface area (Å²) >= 11 is 0. The fourth-order valence-corrected chi connectivity index (χ4v) is 3.68. The lowest BCUT2D eigenvalue weighted by Crippen LogP contribution is -2.40. The Kier molecular flexibility index (Phi) is 6.35. The van der Waals surface area contributed by atoms with Crippen molar-refractivity contribution in [2.45, 2.75) is 39.4 Å². The van der Waals surface area contributed by atoms with Gasteiger partial charge in [-0.25, -0.2) is 4.79 Å². The smallest absolute Gasteiger partial charge is 0.331 e. The third kappa shape index (κ3) is 4.72. The quantitative estimate of drug-likeness (QED) is 0.464. The van der Waals surface area contributed by atoms with Gasteiger partial charge in [-0.15, -0.1) is 0 Å². The Balaban J connectivity index is 1.54. The summed E-state index contributed by atoms with van der Waals surface area (Å²) in [6, 6.07) is 18.6. The van der Waals surface area contributed by atoms with Crippen LogP contribution in [-0.2, 0) is 24.4 Å². The molecule has 164 valence electrons. The third-order valence-corrected chi connectivity index (χ3v) is 5.42. The molecular formula is C25H25N3O4. The van der Waals surface area contributed by atoms with E-state index < -0.39 is 0 Å². The fourth-order valence-electron chi connectivity index (χ4n) is 3.68. The van der Waals surface area contributed by atoms with Gasteiger partial charge in [0.2, 0.25) is 5.91 Å². The second kappa shape index (κ2) is 9.51. The van der Waals surface area contributed by atoms with Gasteiger partial charge in [0, 0.05) is 13.0 Å². The summed E-state index contributed by atoms with van der Waals surface area (Å²) in [6.07, 6.45) is 2.13. The Morgan fingerprint density at radius 3 is 2.50 bits per heavy atom. The minimum Gasteiger partial charge on any atom is -0.467 e. The lowest BCUT2D eigenvalue weighted by Gasteiger charge is -2.14. The first-order valence-electron chi connectivity index (χ1n) is 10.6. The molecule has 2 aromatic carbocycles. The average Bonchev–Trinajstić information content (AvgIpc) is 3.32. The minimum absolute atomic E-state index is 0.157. The summed E-state index contributed by atoms with van der Waals surface area (Å²) < 4.78 is 8.05. The molecule has 1 N–H and O–H groups in total. The highest BCUT2D eigenvalue weighted by molar-refractivity contribution is 5.78. The van der Waals surface area contributed by atoms with Gasteiger partial charge in [-0.2, -0.15) is 0 Å². The molecule has 0 fully saturated rings. The Hall–Kier alpha value is -3.87. The SMILES string of the molecule is Cc1ccc(Cn2c(=O)n(CCCC(=O)NCc3ccco3)c(=O)c3ccccc32)cc1. The largest absolute Gasteiger partial charge is 0.467 e. The number of carbonyl (C=O) groups is 1. The zero-order chi connectivity index (χ0) is 22.5. The minimum atomic E-state index is -0.370. The van der Waals surface area contributed by atoms with Gasteiger partial charge < -0.3 is 9.73 Å². The molecule has 0 atom stereocenters. The van der Waals surface area contributed by atoms with Crippen molar-refractivity contribution >= 4 is 16.8 Å². The topological polar surface area (TPSA) is 86.2 Å². The summed E-state index contributed by atoms with van der Waals surface area (Å²) in [5.41, 5.74) is 2.02. The molecule has 2 aromatic heterocycles. The van der Waals surface area contributed by atoms with E-state index in [-0.39, 0.29) is 30.1 Å². The first-order valence-corrected chi connectivity index (χ1v) is 10.6. The molecule has 0 spiro atoms. The average molecular weight is 431 g/mol. The number of aryl methyl sites for hydroxylation is 1. The van der Waals surface area contributed by atoms with Gasteiger partial charge >= 0.3 is 5.69 Å². The lowest BCUT2D eigenvalue weighted by atomic mass is 10.1. The second-order valence-corrected chi connectivity index (χ2v) is 7.79. The molecule has 4 aromatic rings. The van der Waals surface area contributed by atoms with Crippen molar-refractivity contribution < 1.29 is 9.21 Å². The number of carbonyl (C=O) groups excluding carboxylic acids is 1. The maximum absolute atomic E-state index is 13.2.